The van der Waals surface area contributed by atoms with Crippen molar-refractivity contribution in [3.63, 3.8) is 0 Å². The lowest BCUT2D eigenvalue weighted by atomic mass is 10.2. The molecule has 1 rings (SSSR count). The second-order valence-electron chi connectivity index (χ2n) is 3.71. The van der Waals surface area contributed by atoms with Crippen molar-refractivity contribution >= 4 is 0 Å². The first kappa shape index (κ1) is 9.05. The van der Waals surface area contributed by atoms with Crippen molar-refractivity contribution in [2.45, 2.75) is 52.0 Å². The van der Waals surface area contributed by atoms with Gasteiger partial charge in [0.15, 0.2) is 0 Å². The fourth-order valence-electron chi connectivity index (χ4n) is 1.79. The summed E-state index contributed by atoms with van der Waals surface area (Å²) in [5, 5.41) is 0. The first-order chi connectivity index (χ1) is 5.34. The Morgan fingerprint density at radius 3 is 2.09 bits per heavy atom. The zero-order valence-electron chi connectivity index (χ0n) is 7.97. The highest BCUT2D eigenvalue weighted by atomic mass is 15.1. The Labute approximate surface area is 70.8 Å². The maximum Gasteiger partial charge on any atom is 0.00643 e. The average molecular weight is 155 g/mol. The van der Waals surface area contributed by atoms with Crippen LogP contribution >= 0.6 is 0 Å². The van der Waals surface area contributed by atoms with Gasteiger partial charge in [0.05, 0.1) is 0 Å². The molecule has 1 unspecified atom stereocenters. The smallest absolute Gasteiger partial charge is 0.00643 e. The molecule has 1 nitrogen and oxygen atoms in total. The molecule has 11 heavy (non-hydrogen) atoms. The minimum absolute atomic E-state index is 0.813. The maximum atomic E-state index is 2.65. The number of likely N-dealkylation sites (tertiary alicyclic amines) is 1. The Bertz CT molecular complexity index is 93.0. The zero-order chi connectivity index (χ0) is 8.10. The third-order valence-corrected chi connectivity index (χ3v) is 2.85. The van der Waals surface area contributed by atoms with E-state index in [-0.39, 0.29) is 0 Å². The summed E-state index contributed by atoms with van der Waals surface area (Å²) in [6, 6.07) is 0.813. The molecule has 0 saturated carbocycles. The second-order valence-corrected chi connectivity index (χ2v) is 3.71. The molecule has 1 saturated heterocycles. The van der Waals surface area contributed by atoms with Crippen molar-refractivity contribution < 1.29 is 0 Å². The van der Waals surface area contributed by atoms with Crippen LogP contribution in [0.1, 0.15) is 46.0 Å². The Balaban J connectivity index is 2.30. The third-order valence-electron chi connectivity index (χ3n) is 2.85. The second kappa shape index (κ2) is 4.76. The van der Waals surface area contributed by atoms with Crippen molar-refractivity contribution in [1.82, 2.24) is 4.90 Å². The van der Waals surface area contributed by atoms with Gasteiger partial charge in [0.1, 0.15) is 0 Å². The van der Waals surface area contributed by atoms with Crippen LogP contribution in [0.4, 0.5) is 0 Å². The van der Waals surface area contributed by atoms with E-state index in [4.69, 9.17) is 0 Å². The summed E-state index contributed by atoms with van der Waals surface area (Å²) < 4.78 is 0. The number of nitrogens with zero attached hydrogens (tertiary/aromatic N) is 1. The van der Waals surface area contributed by atoms with Gasteiger partial charge in [0, 0.05) is 6.04 Å². The first-order valence-electron chi connectivity index (χ1n) is 5.08. The molecule has 1 atom stereocenters. The van der Waals surface area contributed by atoms with Gasteiger partial charge in [-0.15, -0.1) is 0 Å². The molecule has 0 spiro atoms. The molecule has 0 N–H and O–H groups in total. The first-order valence-corrected chi connectivity index (χ1v) is 5.08. The number of hydrogen-bond acceptors (Lipinski definition) is 1. The van der Waals surface area contributed by atoms with Crippen LogP contribution in [0.5, 0.6) is 0 Å². The maximum absolute atomic E-state index is 2.65. The molecule has 0 aliphatic carbocycles. The minimum atomic E-state index is 0.813. The van der Waals surface area contributed by atoms with Gasteiger partial charge >= 0.3 is 0 Å². The molecule has 1 aliphatic rings. The minimum Gasteiger partial charge on any atom is -0.301 e. The highest BCUT2D eigenvalue weighted by molar-refractivity contribution is 4.68. The van der Waals surface area contributed by atoms with Gasteiger partial charge < -0.3 is 4.90 Å². The monoisotopic (exact) mass is 155 g/mol. The Morgan fingerprint density at radius 2 is 1.64 bits per heavy atom. The van der Waals surface area contributed by atoms with Crippen molar-refractivity contribution in [2.24, 2.45) is 0 Å². The molecule has 66 valence electrons. The highest BCUT2D eigenvalue weighted by Crippen LogP contribution is 2.13. The summed E-state index contributed by atoms with van der Waals surface area (Å²) in [6.07, 6.45) is 7.05. The molecule has 1 heterocycles. The molecule has 0 aromatic heterocycles. The SMILES string of the molecule is CCC(C)N1CCCCCC1. The van der Waals surface area contributed by atoms with E-state index in [0.717, 1.165) is 6.04 Å². The van der Waals surface area contributed by atoms with E-state index in [9.17, 15) is 0 Å². The summed E-state index contributed by atoms with van der Waals surface area (Å²) in [6.45, 7) is 7.32. The molecule has 0 aromatic rings. The van der Waals surface area contributed by atoms with E-state index in [1.54, 1.807) is 0 Å². The van der Waals surface area contributed by atoms with Gasteiger partial charge in [-0.05, 0) is 39.3 Å². The van der Waals surface area contributed by atoms with Crippen molar-refractivity contribution in [2.75, 3.05) is 13.1 Å². The van der Waals surface area contributed by atoms with Crippen LogP contribution in [0, 0.1) is 0 Å². The topological polar surface area (TPSA) is 3.24 Å². The van der Waals surface area contributed by atoms with Crippen molar-refractivity contribution in [1.29, 1.82) is 0 Å². The summed E-state index contributed by atoms with van der Waals surface area (Å²) in [5.74, 6) is 0. The van der Waals surface area contributed by atoms with Gasteiger partial charge in [-0.1, -0.05) is 19.8 Å². The third kappa shape index (κ3) is 2.82. The van der Waals surface area contributed by atoms with Crippen LogP contribution in [0.15, 0.2) is 0 Å². The fourth-order valence-corrected chi connectivity index (χ4v) is 1.79. The predicted molar refractivity (Wildman–Crippen MR) is 49.8 cm³/mol. The Hall–Kier alpha value is -0.0400. The number of rotatable bonds is 2. The van der Waals surface area contributed by atoms with Gasteiger partial charge in [-0.3, -0.25) is 0 Å². The number of hydrogen-bond donors (Lipinski definition) is 0. The van der Waals surface area contributed by atoms with Crippen LogP contribution < -0.4 is 0 Å². The summed E-state index contributed by atoms with van der Waals surface area (Å²) >= 11 is 0. The van der Waals surface area contributed by atoms with Gasteiger partial charge in [0.2, 0.25) is 0 Å². The predicted octanol–water partition coefficient (Wildman–Crippen LogP) is 2.66. The van der Waals surface area contributed by atoms with Crippen LogP contribution in [0.2, 0.25) is 0 Å². The molecular weight excluding hydrogens is 134 g/mol. The van der Waals surface area contributed by atoms with Gasteiger partial charge in [-0.25, -0.2) is 0 Å². The fraction of sp³-hybridized carbons (Fsp3) is 1.00. The summed E-state index contributed by atoms with van der Waals surface area (Å²) in [7, 11) is 0. The quantitative estimate of drug-likeness (QED) is 0.592. The summed E-state index contributed by atoms with van der Waals surface area (Å²) in [4.78, 5) is 2.65. The van der Waals surface area contributed by atoms with E-state index in [1.807, 2.05) is 0 Å². The van der Waals surface area contributed by atoms with E-state index in [0.29, 0.717) is 0 Å². The molecule has 0 bridgehead atoms. The molecule has 1 heteroatoms. The molecule has 0 amide bonds. The molecule has 0 radical (unpaired) electrons. The van der Waals surface area contributed by atoms with Crippen molar-refractivity contribution in [3.8, 4) is 0 Å². The van der Waals surface area contributed by atoms with E-state index >= 15 is 0 Å². The Kier molecular flexibility index (Phi) is 3.92. The normalized spacial score (nSPS) is 24.5. The van der Waals surface area contributed by atoms with Gasteiger partial charge in [0.25, 0.3) is 0 Å². The summed E-state index contributed by atoms with van der Waals surface area (Å²) in [5.41, 5.74) is 0. The van der Waals surface area contributed by atoms with Crippen LogP contribution in [0.25, 0.3) is 0 Å². The van der Waals surface area contributed by atoms with Crippen LogP contribution in [-0.4, -0.2) is 24.0 Å². The van der Waals surface area contributed by atoms with E-state index < -0.39 is 0 Å². The highest BCUT2D eigenvalue weighted by Gasteiger charge is 2.12. The molecular formula is C10H21N. The molecule has 1 fully saturated rings. The lowest BCUT2D eigenvalue weighted by molar-refractivity contribution is 0.212. The van der Waals surface area contributed by atoms with E-state index in [2.05, 4.69) is 18.7 Å². The van der Waals surface area contributed by atoms with Crippen LogP contribution in [-0.2, 0) is 0 Å². The Morgan fingerprint density at radius 1 is 1.09 bits per heavy atom. The van der Waals surface area contributed by atoms with E-state index in [1.165, 1.54) is 45.2 Å². The molecule has 1 aliphatic heterocycles. The average Bonchev–Trinajstić information content (AvgIpc) is 2.30. The lowest BCUT2D eigenvalue weighted by Crippen LogP contribution is -2.33. The van der Waals surface area contributed by atoms with Gasteiger partial charge in [-0.2, -0.15) is 0 Å². The molecule has 0 aromatic carbocycles. The standard InChI is InChI=1S/C10H21N/c1-3-10(2)11-8-6-4-5-7-9-11/h10H,3-9H2,1-2H3. The van der Waals surface area contributed by atoms with Crippen LogP contribution in [0.3, 0.4) is 0 Å². The zero-order valence-corrected chi connectivity index (χ0v) is 7.97. The largest absolute Gasteiger partial charge is 0.301 e. The lowest BCUT2D eigenvalue weighted by Gasteiger charge is -2.26. The van der Waals surface area contributed by atoms with Crippen molar-refractivity contribution in [3.05, 3.63) is 0 Å².